The van der Waals surface area contributed by atoms with Gasteiger partial charge in [-0.05, 0) is 29.6 Å². The molecule has 0 radical (unpaired) electrons. The van der Waals surface area contributed by atoms with Crippen LogP contribution < -0.4 is 0 Å². The first-order chi connectivity index (χ1) is 10.3. The lowest BCUT2D eigenvalue weighted by molar-refractivity contribution is 1.40. The summed E-state index contributed by atoms with van der Waals surface area (Å²) in [6.45, 7) is 3.65. The Labute approximate surface area is 124 Å². The van der Waals surface area contributed by atoms with Gasteiger partial charge in [0.2, 0.25) is 0 Å². The fourth-order valence-corrected chi connectivity index (χ4v) is 2.55. The quantitative estimate of drug-likeness (QED) is 0.621. The van der Waals surface area contributed by atoms with Crippen molar-refractivity contribution in [3.63, 3.8) is 0 Å². The second kappa shape index (κ2) is 5.71. The lowest BCUT2D eigenvalue weighted by Gasteiger charge is -2.10. The molecule has 0 aliphatic carbocycles. The molecule has 21 heavy (non-hydrogen) atoms. The number of fused-ring (bicyclic) bond motifs is 1. The van der Waals surface area contributed by atoms with Crippen LogP contribution in [0.4, 0.5) is 5.69 Å². The topological polar surface area (TPSA) is 24.7 Å². The zero-order valence-corrected chi connectivity index (χ0v) is 12.0. The van der Waals surface area contributed by atoms with Crippen LogP contribution in [0.15, 0.2) is 76.7 Å². The van der Waals surface area contributed by atoms with E-state index < -0.39 is 0 Å². The van der Waals surface area contributed by atoms with Crippen molar-refractivity contribution >= 4 is 28.9 Å². The van der Waals surface area contributed by atoms with Crippen molar-refractivity contribution in [2.75, 3.05) is 7.05 Å². The van der Waals surface area contributed by atoms with Gasteiger partial charge < -0.3 is 0 Å². The molecule has 0 saturated carbocycles. The molecule has 0 atom stereocenters. The van der Waals surface area contributed by atoms with Gasteiger partial charge in [0.25, 0.3) is 0 Å². The van der Waals surface area contributed by atoms with Crippen molar-refractivity contribution < 1.29 is 0 Å². The molecule has 0 heterocycles. The predicted molar refractivity (Wildman–Crippen MR) is 91.2 cm³/mol. The van der Waals surface area contributed by atoms with Gasteiger partial charge in [0, 0.05) is 18.2 Å². The van der Waals surface area contributed by atoms with E-state index in [-0.39, 0.29) is 0 Å². The Bertz CT molecular complexity index is 832. The first kappa shape index (κ1) is 13.3. The van der Waals surface area contributed by atoms with Gasteiger partial charge >= 0.3 is 0 Å². The zero-order valence-electron chi connectivity index (χ0n) is 12.0. The normalized spacial score (nSPS) is 11.6. The van der Waals surface area contributed by atoms with E-state index in [9.17, 15) is 0 Å². The van der Waals surface area contributed by atoms with E-state index in [0.717, 1.165) is 22.5 Å². The highest BCUT2D eigenvalue weighted by atomic mass is 14.7. The molecule has 0 unspecified atom stereocenters. The standard InChI is InChI=1S/C19H16N2/c1-20-18-10-6-5-9-17(18)19(21-2)16-12-11-14-7-3-4-8-15(14)13-16/h3-13H,1H2,2H3. The summed E-state index contributed by atoms with van der Waals surface area (Å²) in [7, 11) is 1.81. The number of hydrogen-bond acceptors (Lipinski definition) is 2. The van der Waals surface area contributed by atoms with E-state index in [1.54, 1.807) is 0 Å². The second-order valence-electron chi connectivity index (χ2n) is 4.81. The van der Waals surface area contributed by atoms with Gasteiger partial charge in [-0.2, -0.15) is 0 Å². The Balaban J connectivity index is 2.16. The van der Waals surface area contributed by atoms with Crippen molar-refractivity contribution in [1.29, 1.82) is 0 Å². The maximum absolute atomic E-state index is 4.47. The lowest BCUT2D eigenvalue weighted by Crippen LogP contribution is -2.03. The SMILES string of the molecule is C=Nc1ccccc1C(=NC)c1ccc2ccccc2c1. The monoisotopic (exact) mass is 272 g/mol. The van der Waals surface area contributed by atoms with Crippen LogP contribution in [-0.2, 0) is 0 Å². The van der Waals surface area contributed by atoms with Gasteiger partial charge in [-0.3, -0.25) is 9.98 Å². The van der Waals surface area contributed by atoms with Crippen molar-refractivity contribution in [2.24, 2.45) is 9.98 Å². The summed E-state index contributed by atoms with van der Waals surface area (Å²) in [4.78, 5) is 8.57. The number of hydrogen-bond donors (Lipinski definition) is 0. The van der Waals surface area contributed by atoms with Crippen molar-refractivity contribution in [3.8, 4) is 0 Å². The fourth-order valence-electron chi connectivity index (χ4n) is 2.55. The van der Waals surface area contributed by atoms with Crippen molar-refractivity contribution in [1.82, 2.24) is 0 Å². The van der Waals surface area contributed by atoms with E-state index in [0.29, 0.717) is 0 Å². The molecule has 102 valence electrons. The molecular weight excluding hydrogens is 256 g/mol. The number of para-hydroxylation sites is 1. The maximum atomic E-state index is 4.47. The number of aliphatic imine (C=N–C) groups is 2. The van der Waals surface area contributed by atoms with Gasteiger partial charge in [-0.1, -0.05) is 54.6 Å². The average molecular weight is 272 g/mol. The Morgan fingerprint density at radius 1 is 0.857 bits per heavy atom. The average Bonchev–Trinajstić information content (AvgIpc) is 2.56. The molecule has 0 fully saturated rings. The van der Waals surface area contributed by atoms with Crippen molar-refractivity contribution in [2.45, 2.75) is 0 Å². The van der Waals surface area contributed by atoms with Crippen LogP contribution in [0.2, 0.25) is 0 Å². The van der Waals surface area contributed by atoms with E-state index in [2.05, 4.69) is 47.0 Å². The third kappa shape index (κ3) is 2.48. The molecule has 0 saturated heterocycles. The van der Waals surface area contributed by atoms with Crippen LogP contribution in [0.25, 0.3) is 10.8 Å². The minimum atomic E-state index is 0.853. The molecule has 0 spiro atoms. The van der Waals surface area contributed by atoms with Crippen LogP contribution in [0, 0.1) is 0 Å². The Kier molecular flexibility index (Phi) is 3.61. The van der Waals surface area contributed by atoms with Gasteiger partial charge in [0.15, 0.2) is 0 Å². The van der Waals surface area contributed by atoms with Gasteiger partial charge in [-0.25, -0.2) is 0 Å². The largest absolute Gasteiger partial charge is 0.287 e. The van der Waals surface area contributed by atoms with Crippen LogP contribution in [0.5, 0.6) is 0 Å². The third-order valence-corrected chi connectivity index (χ3v) is 3.58. The number of nitrogens with zero attached hydrogens (tertiary/aromatic N) is 2. The minimum absolute atomic E-state index is 0.853. The smallest absolute Gasteiger partial charge is 0.0737 e. The molecule has 0 N–H and O–H groups in total. The summed E-state index contributed by atoms with van der Waals surface area (Å²) in [5.74, 6) is 0. The highest BCUT2D eigenvalue weighted by Crippen LogP contribution is 2.24. The summed E-state index contributed by atoms with van der Waals surface area (Å²) in [6.07, 6.45) is 0. The molecule has 3 aromatic carbocycles. The molecule has 0 aliphatic rings. The molecule has 3 rings (SSSR count). The minimum Gasteiger partial charge on any atom is -0.287 e. The van der Waals surface area contributed by atoms with E-state index in [1.807, 2.05) is 43.4 Å². The third-order valence-electron chi connectivity index (χ3n) is 3.58. The molecule has 0 aromatic heterocycles. The number of rotatable bonds is 3. The predicted octanol–water partition coefficient (Wildman–Crippen LogP) is 4.64. The first-order valence-corrected chi connectivity index (χ1v) is 6.85. The summed E-state index contributed by atoms with van der Waals surface area (Å²) < 4.78 is 0. The fraction of sp³-hybridized carbons (Fsp3) is 0.0526. The van der Waals surface area contributed by atoms with Gasteiger partial charge in [0.1, 0.15) is 0 Å². The lowest BCUT2D eigenvalue weighted by atomic mass is 9.98. The molecule has 2 heteroatoms. The molecular formula is C19H16N2. The Morgan fingerprint density at radius 2 is 1.57 bits per heavy atom. The molecule has 2 nitrogen and oxygen atoms in total. The van der Waals surface area contributed by atoms with Gasteiger partial charge in [0.05, 0.1) is 11.4 Å². The first-order valence-electron chi connectivity index (χ1n) is 6.85. The number of benzene rings is 3. The maximum Gasteiger partial charge on any atom is 0.0737 e. The van der Waals surface area contributed by atoms with Crippen LogP contribution in [0.1, 0.15) is 11.1 Å². The molecule has 0 aliphatic heterocycles. The molecule has 0 bridgehead atoms. The van der Waals surface area contributed by atoms with E-state index in [4.69, 9.17) is 0 Å². The molecule has 0 amide bonds. The summed E-state index contributed by atoms with van der Waals surface area (Å²) in [5, 5.41) is 2.44. The van der Waals surface area contributed by atoms with E-state index >= 15 is 0 Å². The second-order valence-corrected chi connectivity index (χ2v) is 4.81. The van der Waals surface area contributed by atoms with Crippen LogP contribution in [0.3, 0.4) is 0 Å². The summed E-state index contributed by atoms with van der Waals surface area (Å²) in [6, 6.07) is 22.7. The Morgan fingerprint density at radius 3 is 2.33 bits per heavy atom. The summed E-state index contributed by atoms with van der Waals surface area (Å²) >= 11 is 0. The molecule has 3 aromatic rings. The van der Waals surface area contributed by atoms with E-state index in [1.165, 1.54) is 10.8 Å². The summed E-state index contributed by atoms with van der Waals surface area (Å²) in [5.41, 5.74) is 3.88. The van der Waals surface area contributed by atoms with Gasteiger partial charge in [-0.15, -0.1) is 0 Å². The van der Waals surface area contributed by atoms with Crippen LogP contribution in [-0.4, -0.2) is 19.5 Å². The zero-order chi connectivity index (χ0) is 14.7. The Hall–Kier alpha value is -2.74. The highest BCUT2D eigenvalue weighted by Gasteiger charge is 2.10. The highest BCUT2D eigenvalue weighted by molar-refractivity contribution is 6.16. The van der Waals surface area contributed by atoms with Crippen LogP contribution >= 0.6 is 0 Å². The van der Waals surface area contributed by atoms with Crippen molar-refractivity contribution in [3.05, 3.63) is 77.9 Å².